The van der Waals surface area contributed by atoms with Crippen molar-refractivity contribution >= 4 is 34.6 Å². The molecule has 1 heterocycles. The highest BCUT2D eigenvalue weighted by Crippen LogP contribution is 2.19. The predicted molar refractivity (Wildman–Crippen MR) is 161 cm³/mol. The first-order valence-corrected chi connectivity index (χ1v) is 13.9. The van der Waals surface area contributed by atoms with Gasteiger partial charge in [-0.3, -0.25) is 14.4 Å². The number of nitrogens with one attached hydrogen (secondary N) is 4. The van der Waals surface area contributed by atoms with Crippen molar-refractivity contribution in [2.45, 2.75) is 50.4 Å². The molecule has 0 spiro atoms. The van der Waals surface area contributed by atoms with Crippen molar-refractivity contribution in [1.82, 2.24) is 20.9 Å². The van der Waals surface area contributed by atoms with E-state index in [1.165, 1.54) is 19.1 Å². The second-order valence-corrected chi connectivity index (χ2v) is 10.4. The topological polar surface area (TPSA) is 187 Å². The summed E-state index contributed by atoms with van der Waals surface area (Å²) >= 11 is 0. The van der Waals surface area contributed by atoms with Crippen molar-refractivity contribution in [3.8, 4) is 5.75 Å². The maximum atomic E-state index is 13.4. The number of nitrogens with two attached hydrogens (primary N) is 1. The van der Waals surface area contributed by atoms with Gasteiger partial charge in [0.15, 0.2) is 0 Å². The number of hydrogen-bond donors (Lipinski definition) is 7. The van der Waals surface area contributed by atoms with Crippen LogP contribution in [0.2, 0.25) is 0 Å². The Labute approximate surface area is 248 Å². The molecule has 4 rings (SSSR count). The third kappa shape index (κ3) is 8.43. The van der Waals surface area contributed by atoms with Gasteiger partial charge in [-0.1, -0.05) is 60.7 Å². The minimum Gasteiger partial charge on any atom is -0.508 e. The summed E-state index contributed by atoms with van der Waals surface area (Å²) in [6.07, 6.45) is 2.03. The number of aromatic hydroxyl groups is 1. The number of aromatic nitrogens is 1. The fourth-order valence-corrected chi connectivity index (χ4v) is 4.71. The van der Waals surface area contributed by atoms with Gasteiger partial charge in [0.2, 0.25) is 17.7 Å². The predicted octanol–water partition coefficient (Wildman–Crippen LogP) is 1.79. The molecule has 0 bridgehead atoms. The summed E-state index contributed by atoms with van der Waals surface area (Å²) in [4.78, 5) is 54.5. The fraction of sp³-hybridized carbons (Fsp3) is 0.250. The van der Waals surface area contributed by atoms with Crippen LogP contribution in [0, 0.1) is 0 Å². The number of para-hydroxylation sites is 1. The zero-order chi connectivity index (χ0) is 30.9. The van der Waals surface area contributed by atoms with E-state index in [1.54, 1.807) is 42.6 Å². The van der Waals surface area contributed by atoms with Crippen LogP contribution in [0.15, 0.2) is 85.1 Å². The van der Waals surface area contributed by atoms with E-state index in [-0.39, 0.29) is 25.0 Å². The van der Waals surface area contributed by atoms with Gasteiger partial charge in [-0.2, -0.15) is 0 Å². The van der Waals surface area contributed by atoms with Gasteiger partial charge in [-0.25, -0.2) is 4.79 Å². The molecule has 224 valence electrons. The van der Waals surface area contributed by atoms with E-state index < -0.39 is 47.9 Å². The summed E-state index contributed by atoms with van der Waals surface area (Å²) in [5.41, 5.74) is 9.09. The second kappa shape index (κ2) is 14.1. The summed E-state index contributed by atoms with van der Waals surface area (Å²) in [5, 5.41) is 28.0. The van der Waals surface area contributed by atoms with Crippen LogP contribution in [0.25, 0.3) is 10.9 Å². The van der Waals surface area contributed by atoms with Crippen molar-refractivity contribution in [3.63, 3.8) is 0 Å². The van der Waals surface area contributed by atoms with Crippen LogP contribution < -0.4 is 21.7 Å². The number of phenolic OH excluding ortho intramolecular Hbond substituents is 1. The zero-order valence-corrected chi connectivity index (χ0v) is 23.6. The Kier molecular flexibility index (Phi) is 10.1. The number of carboxylic acids is 1. The summed E-state index contributed by atoms with van der Waals surface area (Å²) in [7, 11) is 0. The van der Waals surface area contributed by atoms with Gasteiger partial charge in [0.05, 0.1) is 6.04 Å². The van der Waals surface area contributed by atoms with E-state index in [1.807, 2.05) is 30.3 Å². The lowest BCUT2D eigenvalue weighted by molar-refractivity contribution is -0.142. The van der Waals surface area contributed by atoms with Gasteiger partial charge in [0.1, 0.15) is 23.9 Å². The molecule has 0 aliphatic heterocycles. The third-order valence-electron chi connectivity index (χ3n) is 7.11. The number of hydrogen-bond acceptors (Lipinski definition) is 6. The lowest BCUT2D eigenvalue weighted by atomic mass is 10.0. The highest BCUT2D eigenvalue weighted by molar-refractivity contribution is 5.94. The van der Waals surface area contributed by atoms with Crippen molar-refractivity contribution in [2.24, 2.45) is 5.73 Å². The molecule has 1 aromatic heterocycles. The summed E-state index contributed by atoms with van der Waals surface area (Å²) in [6.45, 7) is 1.47. The molecular formula is C32H35N5O6. The Morgan fingerprint density at radius 3 is 2.07 bits per heavy atom. The standard InChI is InChI=1S/C32H35N5O6/c1-19(35-30(40)25(33)15-21-11-13-23(38)14-12-21)29(39)36-27(16-20-7-3-2-4-8-20)31(41)37-28(32(42)43)17-22-18-34-26-10-6-5-9-24(22)26/h2-14,18-19,25,27-28,34,38H,15-17,33H2,1H3,(H,35,40)(H,36,39)(H,37,41)(H,42,43). The van der Waals surface area contributed by atoms with Crippen molar-refractivity contribution in [2.75, 3.05) is 0 Å². The smallest absolute Gasteiger partial charge is 0.326 e. The molecule has 3 aromatic carbocycles. The lowest BCUT2D eigenvalue weighted by Gasteiger charge is -2.24. The van der Waals surface area contributed by atoms with Crippen molar-refractivity contribution in [3.05, 3.63) is 102 Å². The summed E-state index contributed by atoms with van der Waals surface area (Å²) < 4.78 is 0. The second-order valence-electron chi connectivity index (χ2n) is 10.4. The van der Waals surface area contributed by atoms with Crippen molar-refractivity contribution in [1.29, 1.82) is 0 Å². The molecule has 4 aromatic rings. The Hall–Kier alpha value is -5.16. The van der Waals surface area contributed by atoms with E-state index in [0.29, 0.717) is 0 Å². The Bertz CT molecular complexity index is 1570. The minimum absolute atomic E-state index is 0.0302. The highest BCUT2D eigenvalue weighted by atomic mass is 16.4. The van der Waals surface area contributed by atoms with Gasteiger partial charge in [0.25, 0.3) is 0 Å². The lowest BCUT2D eigenvalue weighted by Crippen LogP contribution is -2.57. The molecule has 11 nitrogen and oxygen atoms in total. The molecular weight excluding hydrogens is 550 g/mol. The molecule has 0 radical (unpaired) electrons. The summed E-state index contributed by atoms with van der Waals surface area (Å²) in [6, 6.07) is 18.3. The number of aliphatic carboxylic acids is 1. The number of fused-ring (bicyclic) bond motifs is 1. The Balaban J connectivity index is 1.43. The van der Waals surface area contributed by atoms with Gasteiger partial charge < -0.3 is 36.9 Å². The highest BCUT2D eigenvalue weighted by Gasteiger charge is 2.29. The van der Waals surface area contributed by atoms with Crippen LogP contribution in [0.5, 0.6) is 5.75 Å². The number of rotatable bonds is 13. The number of carbonyl (C=O) groups excluding carboxylic acids is 3. The number of phenols is 1. The molecule has 0 aliphatic carbocycles. The van der Waals surface area contributed by atoms with E-state index in [4.69, 9.17) is 5.73 Å². The van der Waals surface area contributed by atoms with Crippen LogP contribution >= 0.6 is 0 Å². The monoisotopic (exact) mass is 585 g/mol. The molecule has 8 N–H and O–H groups in total. The number of carbonyl (C=O) groups is 4. The van der Waals surface area contributed by atoms with E-state index in [0.717, 1.165) is 27.6 Å². The Morgan fingerprint density at radius 2 is 1.37 bits per heavy atom. The average molecular weight is 586 g/mol. The normalized spacial score (nSPS) is 13.8. The van der Waals surface area contributed by atoms with Crippen LogP contribution in [0.4, 0.5) is 0 Å². The van der Waals surface area contributed by atoms with Crippen LogP contribution in [-0.4, -0.2) is 63.1 Å². The van der Waals surface area contributed by atoms with Gasteiger partial charge in [-0.05, 0) is 48.2 Å². The maximum absolute atomic E-state index is 13.4. The molecule has 0 saturated carbocycles. The number of amides is 3. The minimum atomic E-state index is -1.25. The number of H-pyrrole nitrogens is 1. The third-order valence-corrected chi connectivity index (χ3v) is 7.11. The van der Waals surface area contributed by atoms with Crippen LogP contribution in [0.3, 0.4) is 0 Å². The Morgan fingerprint density at radius 1 is 0.744 bits per heavy atom. The van der Waals surface area contributed by atoms with Gasteiger partial charge >= 0.3 is 5.97 Å². The molecule has 0 saturated heterocycles. The van der Waals surface area contributed by atoms with Crippen LogP contribution in [-0.2, 0) is 38.4 Å². The first-order chi connectivity index (χ1) is 20.6. The van der Waals surface area contributed by atoms with Crippen LogP contribution in [0.1, 0.15) is 23.6 Å². The molecule has 43 heavy (non-hydrogen) atoms. The SMILES string of the molecule is CC(NC(=O)C(N)Cc1ccc(O)cc1)C(=O)NC(Cc1ccccc1)C(=O)NC(Cc1c[nH]c2ccccc12)C(=O)O. The average Bonchev–Trinajstić information content (AvgIpc) is 3.40. The van der Waals surface area contributed by atoms with E-state index in [9.17, 15) is 29.4 Å². The summed E-state index contributed by atoms with van der Waals surface area (Å²) in [5.74, 6) is -3.00. The maximum Gasteiger partial charge on any atom is 0.326 e. The first-order valence-electron chi connectivity index (χ1n) is 13.9. The first kappa shape index (κ1) is 30.8. The van der Waals surface area contributed by atoms with E-state index >= 15 is 0 Å². The molecule has 0 aliphatic rings. The quantitative estimate of drug-likeness (QED) is 0.125. The zero-order valence-electron chi connectivity index (χ0n) is 23.6. The number of carboxylic acid groups (broad SMARTS) is 1. The molecule has 4 unspecified atom stereocenters. The van der Waals surface area contributed by atoms with Gasteiger partial charge in [-0.15, -0.1) is 0 Å². The van der Waals surface area contributed by atoms with Crippen molar-refractivity contribution < 1.29 is 29.4 Å². The van der Waals surface area contributed by atoms with Gasteiger partial charge in [0, 0.05) is 29.9 Å². The molecule has 4 atom stereocenters. The molecule has 3 amide bonds. The largest absolute Gasteiger partial charge is 0.508 e. The molecule has 11 heteroatoms. The number of aromatic amines is 1. The fourth-order valence-electron chi connectivity index (χ4n) is 4.71. The van der Waals surface area contributed by atoms with E-state index in [2.05, 4.69) is 20.9 Å². The number of benzene rings is 3. The molecule has 0 fully saturated rings.